The summed E-state index contributed by atoms with van der Waals surface area (Å²) >= 11 is 0. The number of rotatable bonds is 3. The van der Waals surface area contributed by atoms with Gasteiger partial charge in [-0.05, 0) is 13.3 Å². The van der Waals surface area contributed by atoms with Crippen LogP contribution in [0.3, 0.4) is 0 Å². The van der Waals surface area contributed by atoms with Crippen LogP contribution in [0.5, 0.6) is 0 Å². The van der Waals surface area contributed by atoms with E-state index >= 15 is 0 Å². The minimum atomic E-state index is -3.01. The maximum atomic E-state index is 12.6. The van der Waals surface area contributed by atoms with Gasteiger partial charge in [0.25, 0.3) is 5.91 Å². The molecule has 0 radical (unpaired) electrons. The van der Waals surface area contributed by atoms with E-state index in [0.717, 1.165) is 0 Å². The molecular formula is C13H20N2O4S. The van der Waals surface area contributed by atoms with Crippen molar-refractivity contribution in [1.29, 1.82) is 0 Å². The maximum absolute atomic E-state index is 12.6. The van der Waals surface area contributed by atoms with E-state index < -0.39 is 9.84 Å². The number of carbonyl (C=O) groups is 1. The molecule has 7 heteroatoms. The highest BCUT2D eigenvalue weighted by atomic mass is 32.2. The molecule has 1 fully saturated rings. The van der Waals surface area contributed by atoms with Gasteiger partial charge in [0.05, 0.1) is 17.2 Å². The quantitative estimate of drug-likeness (QED) is 0.842. The first-order valence-electron chi connectivity index (χ1n) is 6.66. The van der Waals surface area contributed by atoms with E-state index in [1.807, 2.05) is 13.8 Å². The molecule has 0 bridgehead atoms. The normalized spacial score (nSPS) is 21.4. The van der Waals surface area contributed by atoms with Crippen molar-refractivity contribution in [2.24, 2.45) is 0 Å². The van der Waals surface area contributed by atoms with Crippen molar-refractivity contribution in [3.05, 3.63) is 17.0 Å². The number of aromatic nitrogens is 1. The van der Waals surface area contributed by atoms with Gasteiger partial charge in [0.1, 0.15) is 5.56 Å². The number of amides is 1. The van der Waals surface area contributed by atoms with E-state index in [2.05, 4.69) is 5.16 Å². The second-order valence-electron chi connectivity index (χ2n) is 5.63. The number of carbonyl (C=O) groups excluding carboxylic acids is 1. The Morgan fingerprint density at radius 2 is 2.10 bits per heavy atom. The predicted molar refractivity (Wildman–Crippen MR) is 74.5 cm³/mol. The average molecular weight is 300 g/mol. The van der Waals surface area contributed by atoms with Crippen LogP contribution in [0.4, 0.5) is 0 Å². The summed E-state index contributed by atoms with van der Waals surface area (Å²) in [6.45, 7) is 5.58. The molecule has 2 heterocycles. The molecule has 1 aliphatic rings. The smallest absolute Gasteiger partial charge is 0.259 e. The van der Waals surface area contributed by atoms with Gasteiger partial charge < -0.3 is 9.42 Å². The number of hydrogen-bond acceptors (Lipinski definition) is 5. The minimum absolute atomic E-state index is 0.0383. The molecule has 1 aromatic rings. The van der Waals surface area contributed by atoms with E-state index in [0.29, 0.717) is 23.4 Å². The predicted octanol–water partition coefficient (Wildman–Crippen LogP) is 1.37. The molecule has 0 saturated carbocycles. The Balaban J connectivity index is 2.26. The summed E-state index contributed by atoms with van der Waals surface area (Å²) in [5.41, 5.74) is 1.01. The Bertz CT molecular complexity index is 618. The summed E-state index contributed by atoms with van der Waals surface area (Å²) in [4.78, 5) is 14.1. The van der Waals surface area contributed by atoms with Crippen LogP contribution in [-0.4, -0.2) is 49.0 Å². The zero-order chi connectivity index (χ0) is 15.1. The molecule has 2 rings (SSSR count). The number of hydrogen-bond donors (Lipinski definition) is 0. The first-order valence-corrected chi connectivity index (χ1v) is 8.49. The Labute approximate surface area is 119 Å². The largest absolute Gasteiger partial charge is 0.360 e. The van der Waals surface area contributed by atoms with Crippen LogP contribution in [0.2, 0.25) is 0 Å². The molecule has 0 aromatic carbocycles. The summed E-state index contributed by atoms with van der Waals surface area (Å²) in [6.07, 6.45) is 0.492. The fourth-order valence-electron chi connectivity index (χ4n) is 2.46. The van der Waals surface area contributed by atoms with Gasteiger partial charge >= 0.3 is 0 Å². The van der Waals surface area contributed by atoms with Gasteiger partial charge in [-0.15, -0.1) is 0 Å². The number of nitrogens with zero attached hydrogens (tertiary/aromatic N) is 2. The van der Waals surface area contributed by atoms with Crippen LogP contribution in [0.25, 0.3) is 0 Å². The molecule has 20 heavy (non-hydrogen) atoms. The number of sulfone groups is 1. The Morgan fingerprint density at radius 3 is 2.60 bits per heavy atom. The van der Waals surface area contributed by atoms with Crippen molar-refractivity contribution in [2.75, 3.05) is 18.6 Å². The molecule has 0 N–H and O–H groups in total. The third-order valence-electron chi connectivity index (χ3n) is 3.70. The zero-order valence-electron chi connectivity index (χ0n) is 12.2. The summed E-state index contributed by atoms with van der Waals surface area (Å²) < 4.78 is 28.3. The minimum Gasteiger partial charge on any atom is -0.360 e. The van der Waals surface area contributed by atoms with Crippen LogP contribution < -0.4 is 0 Å². The molecule has 1 amide bonds. The van der Waals surface area contributed by atoms with Gasteiger partial charge in [-0.25, -0.2) is 8.42 Å². The molecule has 1 aliphatic heterocycles. The molecule has 0 unspecified atom stereocenters. The second kappa shape index (κ2) is 5.20. The second-order valence-corrected chi connectivity index (χ2v) is 7.86. The van der Waals surface area contributed by atoms with Gasteiger partial charge in [0, 0.05) is 19.0 Å². The number of aryl methyl sites for hydroxylation is 1. The lowest BCUT2D eigenvalue weighted by Crippen LogP contribution is -2.38. The molecule has 1 aromatic heterocycles. The average Bonchev–Trinajstić information content (AvgIpc) is 2.90. The van der Waals surface area contributed by atoms with Crippen molar-refractivity contribution < 1.29 is 17.7 Å². The standard InChI is InChI=1S/C13H20N2O4S/c1-8(2)12-11(9(3)14-19-12)13(16)15(4)10-5-6-20(17,18)7-10/h8,10H,5-7H2,1-4H3/t10-/m1/s1. The van der Waals surface area contributed by atoms with Crippen molar-refractivity contribution in [2.45, 2.75) is 39.2 Å². The third-order valence-corrected chi connectivity index (χ3v) is 5.45. The van der Waals surface area contributed by atoms with Crippen LogP contribution in [0.1, 0.15) is 48.0 Å². The fraction of sp³-hybridized carbons (Fsp3) is 0.692. The highest BCUT2D eigenvalue weighted by Crippen LogP contribution is 2.25. The van der Waals surface area contributed by atoms with E-state index in [4.69, 9.17) is 4.52 Å². The van der Waals surface area contributed by atoms with Crippen molar-refractivity contribution >= 4 is 15.7 Å². The Hall–Kier alpha value is -1.37. The molecule has 112 valence electrons. The van der Waals surface area contributed by atoms with E-state index in [1.54, 1.807) is 14.0 Å². The van der Waals surface area contributed by atoms with Crippen molar-refractivity contribution in [3.8, 4) is 0 Å². The Kier molecular flexibility index (Phi) is 3.90. The first kappa shape index (κ1) is 15.0. The lowest BCUT2D eigenvalue weighted by molar-refractivity contribution is 0.0744. The van der Waals surface area contributed by atoms with Gasteiger partial charge in [-0.3, -0.25) is 4.79 Å². The topological polar surface area (TPSA) is 80.5 Å². The van der Waals surface area contributed by atoms with Crippen LogP contribution in [-0.2, 0) is 9.84 Å². The monoisotopic (exact) mass is 300 g/mol. The van der Waals surface area contributed by atoms with Crippen molar-refractivity contribution in [1.82, 2.24) is 10.1 Å². The van der Waals surface area contributed by atoms with Gasteiger partial charge in [0.15, 0.2) is 15.6 Å². The van der Waals surface area contributed by atoms with Gasteiger partial charge in [-0.1, -0.05) is 19.0 Å². The summed E-state index contributed by atoms with van der Waals surface area (Å²) in [6, 6.07) is -0.262. The maximum Gasteiger partial charge on any atom is 0.259 e. The summed E-state index contributed by atoms with van der Waals surface area (Å²) in [7, 11) is -1.37. The first-order chi connectivity index (χ1) is 9.23. The molecule has 0 aliphatic carbocycles. The van der Waals surface area contributed by atoms with E-state index in [1.165, 1.54) is 4.90 Å². The highest BCUT2D eigenvalue weighted by Gasteiger charge is 2.35. The SMILES string of the molecule is Cc1noc(C(C)C)c1C(=O)N(C)[C@@H]1CCS(=O)(=O)C1. The van der Waals surface area contributed by atoms with Crippen LogP contribution in [0.15, 0.2) is 4.52 Å². The molecule has 1 saturated heterocycles. The lowest BCUT2D eigenvalue weighted by atomic mass is 10.0. The molecule has 1 atom stereocenters. The molecule has 6 nitrogen and oxygen atoms in total. The molecular weight excluding hydrogens is 280 g/mol. The summed E-state index contributed by atoms with van der Waals surface area (Å²) in [5, 5.41) is 3.86. The van der Waals surface area contributed by atoms with Gasteiger partial charge in [-0.2, -0.15) is 0 Å². The van der Waals surface area contributed by atoms with E-state index in [-0.39, 0.29) is 29.4 Å². The third kappa shape index (κ3) is 2.72. The van der Waals surface area contributed by atoms with Gasteiger partial charge in [0.2, 0.25) is 0 Å². The van der Waals surface area contributed by atoms with Crippen LogP contribution in [0, 0.1) is 6.92 Å². The summed E-state index contributed by atoms with van der Waals surface area (Å²) in [5.74, 6) is 0.580. The zero-order valence-corrected chi connectivity index (χ0v) is 13.0. The van der Waals surface area contributed by atoms with Crippen LogP contribution >= 0.6 is 0 Å². The van der Waals surface area contributed by atoms with Crippen molar-refractivity contribution in [3.63, 3.8) is 0 Å². The molecule has 0 spiro atoms. The van der Waals surface area contributed by atoms with E-state index in [9.17, 15) is 13.2 Å². The lowest BCUT2D eigenvalue weighted by Gasteiger charge is -2.23. The highest BCUT2D eigenvalue weighted by molar-refractivity contribution is 7.91. The Morgan fingerprint density at radius 1 is 1.45 bits per heavy atom. The fourth-order valence-corrected chi connectivity index (χ4v) is 4.24.